The molecule has 0 aliphatic heterocycles. The molecule has 0 fully saturated rings. The summed E-state index contributed by atoms with van der Waals surface area (Å²) in [6.45, 7) is 0. The van der Waals surface area contributed by atoms with E-state index in [1.807, 2.05) is 53.4 Å². The molecule has 1 atom stereocenters. The highest BCUT2D eigenvalue weighted by Gasteiger charge is 2.25. The van der Waals surface area contributed by atoms with Gasteiger partial charge in [0.1, 0.15) is 5.82 Å². The lowest BCUT2D eigenvalue weighted by atomic mass is 10.0. The van der Waals surface area contributed by atoms with Crippen LogP contribution in [0.3, 0.4) is 0 Å². The number of hydrogen-bond acceptors (Lipinski definition) is 4. The fraction of sp³-hybridized carbons (Fsp3) is 0.188. The molecule has 0 N–H and O–H groups in total. The highest BCUT2D eigenvalue weighted by atomic mass is 32.1. The second-order valence-electron chi connectivity index (χ2n) is 4.80. The molecular weight excluding hydrogens is 282 g/mol. The van der Waals surface area contributed by atoms with Crippen LogP contribution in [-0.4, -0.2) is 15.3 Å². The standard InChI is InChI=1S/C16H13N3OS/c1-19-14-7-3-2-6-13(14)18-16(19)12(10-17)15(20)9-11-5-4-8-21-11/h2-8,12H,9H2,1H3. The molecule has 0 aliphatic carbocycles. The number of fused-ring (bicyclic) bond motifs is 1. The first-order valence-electron chi connectivity index (χ1n) is 6.57. The van der Waals surface area contributed by atoms with E-state index in [1.54, 1.807) is 0 Å². The molecule has 1 unspecified atom stereocenters. The van der Waals surface area contributed by atoms with E-state index in [0.29, 0.717) is 5.82 Å². The largest absolute Gasteiger partial charge is 0.330 e. The van der Waals surface area contributed by atoms with E-state index in [0.717, 1.165) is 15.9 Å². The number of aryl methyl sites for hydroxylation is 1. The van der Waals surface area contributed by atoms with Crippen molar-refractivity contribution in [1.29, 1.82) is 5.26 Å². The van der Waals surface area contributed by atoms with E-state index in [-0.39, 0.29) is 12.2 Å². The molecule has 0 saturated heterocycles. The Bertz CT molecular complexity index is 827. The molecule has 0 saturated carbocycles. The molecule has 4 nitrogen and oxygen atoms in total. The molecule has 3 aromatic rings. The summed E-state index contributed by atoms with van der Waals surface area (Å²) in [5, 5.41) is 11.3. The van der Waals surface area contributed by atoms with Crippen molar-refractivity contribution in [2.45, 2.75) is 12.3 Å². The summed E-state index contributed by atoms with van der Waals surface area (Å²) in [5.74, 6) is -0.428. The number of Topliss-reactive ketones (excluding diaryl/α,β-unsaturated/α-hetero) is 1. The number of nitriles is 1. The maximum atomic E-state index is 12.4. The number of hydrogen-bond donors (Lipinski definition) is 0. The minimum absolute atomic E-state index is 0.113. The van der Waals surface area contributed by atoms with E-state index in [9.17, 15) is 10.1 Å². The molecular formula is C16H13N3OS. The molecule has 0 radical (unpaired) electrons. The number of thiophene rings is 1. The van der Waals surface area contributed by atoms with Gasteiger partial charge in [-0.25, -0.2) is 4.98 Å². The number of carbonyl (C=O) groups excluding carboxylic acids is 1. The van der Waals surface area contributed by atoms with Gasteiger partial charge in [-0.2, -0.15) is 5.26 Å². The minimum Gasteiger partial charge on any atom is -0.330 e. The van der Waals surface area contributed by atoms with Crippen molar-refractivity contribution in [3.05, 3.63) is 52.5 Å². The van der Waals surface area contributed by atoms with Gasteiger partial charge >= 0.3 is 0 Å². The van der Waals surface area contributed by atoms with Gasteiger partial charge in [-0.15, -0.1) is 11.3 Å². The zero-order valence-electron chi connectivity index (χ0n) is 11.5. The Kier molecular flexibility index (Phi) is 3.55. The third-order valence-electron chi connectivity index (χ3n) is 3.46. The van der Waals surface area contributed by atoms with E-state index < -0.39 is 5.92 Å². The van der Waals surface area contributed by atoms with Gasteiger partial charge in [0.15, 0.2) is 11.7 Å². The van der Waals surface area contributed by atoms with Gasteiger partial charge in [0.05, 0.1) is 17.1 Å². The Morgan fingerprint density at radius 2 is 2.19 bits per heavy atom. The van der Waals surface area contributed by atoms with Crippen LogP contribution in [0.1, 0.15) is 16.6 Å². The van der Waals surface area contributed by atoms with Crippen LogP contribution in [0.4, 0.5) is 0 Å². The topological polar surface area (TPSA) is 58.7 Å². The first-order chi connectivity index (χ1) is 10.2. The summed E-state index contributed by atoms with van der Waals surface area (Å²) < 4.78 is 1.83. The third kappa shape index (κ3) is 2.46. The normalized spacial score (nSPS) is 12.2. The minimum atomic E-state index is -0.829. The lowest BCUT2D eigenvalue weighted by Gasteiger charge is -2.07. The molecule has 0 spiro atoms. The summed E-state index contributed by atoms with van der Waals surface area (Å²) in [7, 11) is 1.84. The summed E-state index contributed by atoms with van der Waals surface area (Å²) in [6.07, 6.45) is 0.277. The maximum absolute atomic E-state index is 12.4. The van der Waals surface area contributed by atoms with E-state index in [2.05, 4.69) is 11.1 Å². The molecule has 1 aromatic carbocycles. The zero-order valence-corrected chi connectivity index (χ0v) is 12.3. The maximum Gasteiger partial charge on any atom is 0.163 e. The van der Waals surface area contributed by atoms with Crippen molar-refractivity contribution < 1.29 is 4.79 Å². The van der Waals surface area contributed by atoms with Crippen LogP contribution in [0.25, 0.3) is 11.0 Å². The number of aromatic nitrogens is 2. The molecule has 3 rings (SSSR count). The Balaban J connectivity index is 1.97. The average Bonchev–Trinajstić information content (AvgIpc) is 3.10. The van der Waals surface area contributed by atoms with E-state index in [4.69, 9.17) is 0 Å². The first kappa shape index (κ1) is 13.5. The van der Waals surface area contributed by atoms with Crippen molar-refractivity contribution >= 4 is 28.2 Å². The Hall–Kier alpha value is -2.45. The van der Waals surface area contributed by atoms with Crippen LogP contribution >= 0.6 is 11.3 Å². The van der Waals surface area contributed by atoms with Crippen LogP contribution in [0.2, 0.25) is 0 Å². The molecule has 104 valence electrons. The average molecular weight is 295 g/mol. The van der Waals surface area contributed by atoms with Gasteiger partial charge in [-0.3, -0.25) is 4.79 Å². The molecule has 21 heavy (non-hydrogen) atoms. The van der Waals surface area contributed by atoms with Gasteiger partial charge in [0.25, 0.3) is 0 Å². The molecule has 0 bridgehead atoms. The number of nitrogens with zero attached hydrogens (tertiary/aromatic N) is 3. The second kappa shape index (κ2) is 5.51. The lowest BCUT2D eigenvalue weighted by molar-refractivity contribution is -0.118. The Morgan fingerprint density at radius 1 is 1.38 bits per heavy atom. The van der Waals surface area contributed by atoms with Crippen molar-refractivity contribution in [1.82, 2.24) is 9.55 Å². The predicted molar refractivity (Wildman–Crippen MR) is 82.1 cm³/mol. The van der Waals surface area contributed by atoms with Gasteiger partial charge in [-0.05, 0) is 23.6 Å². The van der Waals surface area contributed by atoms with Crippen molar-refractivity contribution in [3.8, 4) is 6.07 Å². The highest BCUT2D eigenvalue weighted by molar-refractivity contribution is 7.10. The van der Waals surface area contributed by atoms with E-state index in [1.165, 1.54) is 11.3 Å². The number of ketones is 1. The predicted octanol–water partition coefficient (Wildman–Crippen LogP) is 3.05. The van der Waals surface area contributed by atoms with Crippen LogP contribution in [0, 0.1) is 11.3 Å². The van der Waals surface area contributed by atoms with E-state index >= 15 is 0 Å². The summed E-state index contributed by atoms with van der Waals surface area (Å²) >= 11 is 1.53. The van der Waals surface area contributed by atoms with Crippen LogP contribution < -0.4 is 0 Å². The highest BCUT2D eigenvalue weighted by Crippen LogP contribution is 2.23. The Labute approximate surface area is 126 Å². The van der Waals surface area contributed by atoms with Gasteiger partial charge < -0.3 is 4.57 Å². The first-order valence-corrected chi connectivity index (χ1v) is 7.44. The fourth-order valence-electron chi connectivity index (χ4n) is 2.38. The SMILES string of the molecule is Cn1c(C(C#N)C(=O)Cc2cccs2)nc2ccccc21. The molecule has 2 aromatic heterocycles. The molecule has 5 heteroatoms. The summed E-state index contributed by atoms with van der Waals surface area (Å²) in [6, 6.07) is 13.6. The van der Waals surface area contributed by atoms with Crippen molar-refractivity contribution in [2.24, 2.45) is 7.05 Å². The zero-order chi connectivity index (χ0) is 14.8. The number of carbonyl (C=O) groups is 1. The second-order valence-corrected chi connectivity index (χ2v) is 5.83. The fourth-order valence-corrected chi connectivity index (χ4v) is 3.10. The molecule has 0 aliphatic rings. The van der Waals surface area contributed by atoms with Gasteiger partial charge in [-0.1, -0.05) is 18.2 Å². The quantitative estimate of drug-likeness (QED) is 0.743. The lowest BCUT2D eigenvalue weighted by Crippen LogP contribution is -2.16. The van der Waals surface area contributed by atoms with Crippen molar-refractivity contribution in [2.75, 3.05) is 0 Å². The number of rotatable bonds is 4. The number of benzene rings is 1. The number of imidazole rings is 1. The Morgan fingerprint density at radius 3 is 2.86 bits per heavy atom. The summed E-state index contributed by atoms with van der Waals surface area (Å²) in [5.41, 5.74) is 1.73. The summed E-state index contributed by atoms with van der Waals surface area (Å²) in [4.78, 5) is 17.8. The third-order valence-corrected chi connectivity index (χ3v) is 4.34. The van der Waals surface area contributed by atoms with Crippen molar-refractivity contribution in [3.63, 3.8) is 0 Å². The number of para-hydroxylation sites is 2. The van der Waals surface area contributed by atoms with Gasteiger partial charge in [0.2, 0.25) is 0 Å². The van der Waals surface area contributed by atoms with Crippen LogP contribution in [0.5, 0.6) is 0 Å². The molecule has 0 amide bonds. The van der Waals surface area contributed by atoms with Crippen LogP contribution in [0.15, 0.2) is 41.8 Å². The monoisotopic (exact) mass is 295 g/mol. The van der Waals surface area contributed by atoms with Crippen LogP contribution in [-0.2, 0) is 18.3 Å². The smallest absolute Gasteiger partial charge is 0.163 e. The molecule has 2 heterocycles. The van der Waals surface area contributed by atoms with Gasteiger partial charge in [0, 0.05) is 18.3 Å².